The Bertz CT molecular complexity index is 1020. The van der Waals surface area contributed by atoms with Crippen molar-refractivity contribution in [2.24, 2.45) is 0 Å². The standard InChI is InChI=1S/C16H15F2N6OP.C2H5Cl/c17-13-2-1-11(21-16(25)23-3-4-26(18)9-23)5-12(13)14-8-24-7-10(19)6-20-15(24)22-14;1-2-3/h1-2,5-8H,3-4,9,19H2,(H,21,25);2H2,1H3. The number of alkyl halides is 1. The van der Waals surface area contributed by atoms with Crippen molar-refractivity contribution in [3.05, 3.63) is 42.6 Å². The number of anilines is 2. The predicted octanol–water partition coefficient (Wildman–Crippen LogP) is 4.53. The van der Waals surface area contributed by atoms with Crippen molar-refractivity contribution in [3.8, 4) is 11.3 Å². The third kappa shape index (κ3) is 5.10. The normalized spacial score (nSPS) is 15.9. The maximum Gasteiger partial charge on any atom is 0.322 e. The Morgan fingerprint density at radius 2 is 2.17 bits per heavy atom. The van der Waals surface area contributed by atoms with E-state index in [0.717, 1.165) is 5.88 Å². The molecule has 0 saturated carbocycles. The van der Waals surface area contributed by atoms with Gasteiger partial charge in [0, 0.05) is 42.2 Å². The molecule has 7 nitrogen and oxygen atoms in total. The number of hydrogen-bond donors (Lipinski definition) is 2. The minimum atomic E-state index is -1.60. The number of carbonyl (C=O) groups excluding carboxylic acids is 1. The van der Waals surface area contributed by atoms with E-state index in [4.69, 9.17) is 17.3 Å². The number of nitrogens with zero attached hydrogens (tertiary/aromatic N) is 4. The summed E-state index contributed by atoms with van der Waals surface area (Å²) in [5.74, 6) is 0.629. The molecule has 1 fully saturated rings. The molecule has 0 spiro atoms. The number of hydrogen-bond acceptors (Lipinski definition) is 4. The number of urea groups is 1. The number of nitrogen functional groups attached to an aromatic ring is 1. The first-order valence-corrected chi connectivity index (χ1v) is 11.0. The van der Waals surface area contributed by atoms with Crippen molar-refractivity contribution in [3.63, 3.8) is 0 Å². The molecular weight excluding hydrogens is 421 g/mol. The van der Waals surface area contributed by atoms with Gasteiger partial charge in [-0.25, -0.2) is 23.3 Å². The van der Waals surface area contributed by atoms with E-state index in [0.29, 0.717) is 35.6 Å². The van der Waals surface area contributed by atoms with Gasteiger partial charge in [-0.3, -0.25) is 4.40 Å². The number of nitrogens with two attached hydrogens (primary N) is 1. The van der Waals surface area contributed by atoms with Gasteiger partial charge in [0.15, 0.2) is 0 Å². The van der Waals surface area contributed by atoms with Gasteiger partial charge in [0.05, 0.1) is 23.9 Å². The zero-order valence-electron chi connectivity index (χ0n) is 15.6. The van der Waals surface area contributed by atoms with Gasteiger partial charge in [-0.1, -0.05) is 6.92 Å². The molecule has 0 bridgehead atoms. The van der Waals surface area contributed by atoms with Crippen molar-refractivity contribution in [1.29, 1.82) is 0 Å². The molecule has 29 heavy (non-hydrogen) atoms. The molecule has 1 saturated heterocycles. The van der Waals surface area contributed by atoms with Gasteiger partial charge < -0.3 is 16.0 Å². The van der Waals surface area contributed by atoms with Crippen LogP contribution in [0.4, 0.5) is 24.8 Å². The third-order valence-corrected chi connectivity index (χ3v) is 5.38. The number of rotatable bonds is 2. The highest BCUT2D eigenvalue weighted by Crippen LogP contribution is 2.42. The summed E-state index contributed by atoms with van der Waals surface area (Å²) in [6.07, 6.45) is 5.24. The second kappa shape index (κ2) is 9.33. The summed E-state index contributed by atoms with van der Waals surface area (Å²) in [6.45, 7) is 2.28. The summed E-state index contributed by atoms with van der Waals surface area (Å²) in [5.41, 5.74) is 7.14. The quantitative estimate of drug-likeness (QED) is 0.452. The van der Waals surface area contributed by atoms with Crippen molar-refractivity contribution in [1.82, 2.24) is 19.3 Å². The van der Waals surface area contributed by atoms with E-state index in [1.807, 2.05) is 6.92 Å². The lowest BCUT2D eigenvalue weighted by atomic mass is 10.1. The molecule has 0 aliphatic carbocycles. The summed E-state index contributed by atoms with van der Waals surface area (Å²) in [5, 5.41) is 2.68. The van der Waals surface area contributed by atoms with Crippen LogP contribution in [0.3, 0.4) is 0 Å². The minimum absolute atomic E-state index is 0.134. The Hall–Kier alpha value is -2.51. The maximum absolute atomic E-state index is 14.3. The number of aromatic nitrogens is 3. The van der Waals surface area contributed by atoms with Gasteiger partial charge in [0.1, 0.15) is 14.0 Å². The summed E-state index contributed by atoms with van der Waals surface area (Å²) in [7, 11) is -1.60. The highest BCUT2D eigenvalue weighted by Gasteiger charge is 2.26. The van der Waals surface area contributed by atoms with E-state index < -0.39 is 20.1 Å². The van der Waals surface area contributed by atoms with Crippen molar-refractivity contribution < 1.29 is 13.4 Å². The molecule has 1 unspecified atom stereocenters. The predicted molar refractivity (Wildman–Crippen MR) is 113 cm³/mol. The summed E-state index contributed by atoms with van der Waals surface area (Å²) in [6, 6.07) is 3.81. The Morgan fingerprint density at radius 1 is 1.41 bits per heavy atom. The molecule has 1 aliphatic rings. The fourth-order valence-electron chi connectivity index (χ4n) is 2.75. The Kier molecular flexibility index (Phi) is 6.82. The molecular formula is C18H20ClF2N6OP. The zero-order valence-corrected chi connectivity index (χ0v) is 17.3. The number of imidazole rings is 1. The summed E-state index contributed by atoms with van der Waals surface area (Å²) >= 11 is 5.00. The average Bonchev–Trinajstić information content (AvgIpc) is 3.29. The van der Waals surface area contributed by atoms with Crippen LogP contribution in [0.1, 0.15) is 6.92 Å². The SMILES string of the molecule is CCCl.Nc1cnc2nc(-c3cc(NC(=O)N4CCP(F)C4)ccc3F)cn2c1. The zero-order chi connectivity index (χ0) is 21.0. The first-order chi connectivity index (χ1) is 13.9. The Morgan fingerprint density at radius 3 is 2.86 bits per heavy atom. The number of carbonyl (C=O) groups is 1. The van der Waals surface area contributed by atoms with Crippen LogP contribution in [-0.4, -0.2) is 50.2 Å². The van der Waals surface area contributed by atoms with E-state index >= 15 is 0 Å². The fourth-order valence-corrected chi connectivity index (χ4v) is 3.99. The second-order valence-corrected chi connectivity index (χ2v) is 8.39. The molecule has 4 rings (SSSR count). The largest absolute Gasteiger partial charge is 0.396 e. The molecule has 1 atom stereocenters. The molecule has 0 radical (unpaired) electrons. The number of amides is 2. The first kappa shape index (κ1) is 21.2. The lowest BCUT2D eigenvalue weighted by molar-refractivity contribution is 0.224. The maximum atomic E-state index is 14.3. The van der Waals surface area contributed by atoms with Gasteiger partial charge in [-0.05, 0) is 18.2 Å². The van der Waals surface area contributed by atoms with E-state index in [9.17, 15) is 13.4 Å². The lowest BCUT2D eigenvalue weighted by Gasteiger charge is -2.16. The number of fused-ring (bicyclic) bond motifs is 1. The number of benzene rings is 1. The van der Waals surface area contributed by atoms with Crippen LogP contribution in [0.25, 0.3) is 17.0 Å². The Balaban J connectivity index is 0.000000755. The van der Waals surface area contributed by atoms with Crippen LogP contribution in [0.5, 0.6) is 0 Å². The Labute approximate surface area is 172 Å². The monoisotopic (exact) mass is 440 g/mol. The van der Waals surface area contributed by atoms with Crippen LogP contribution in [-0.2, 0) is 0 Å². The van der Waals surface area contributed by atoms with Crippen LogP contribution < -0.4 is 11.1 Å². The number of nitrogens with one attached hydrogen (secondary N) is 1. The van der Waals surface area contributed by atoms with E-state index in [1.165, 1.54) is 29.3 Å². The van der Waals surface area contributed by atoms with E-state index in [2.05, 4.69) is 15.3 Å². The van der Waals surface area contributed by atoms with Gasteiger partial charge >= 0.3 is 6.03 Å². The molecule has 2 amide bonds. The van der Waals surface area contributed by atoms with Crippen molar-refractivity contribution in [2.75, 3.05) is 35.9 Å². The highest BCUT2D eigenvalue weighted by molar-refractivity contribution is 7.52. The lowest BCUT2D eigenvalue weighted by Crippen LogP contribution is -2.32. The van der Waals surface area contributed by atoms with E-state index in [-0.39, 0.29) is 11.8 Å². The van der Waals surface area contributed by atoms with Crippen molar-refractivity contribution in [2.45, 2.75) is 6.92 Å². The topological polar surface area (TPSA) is 88.5 Å². The molecule has 2 aromatic heterocycles. The molecule has 11 heteroatoms. The third-order valence-electron chi connectivity index (χ3n) is 4.05. The van der Waals surface area contributed by atoms with Crippen LogP contribution in [0, 0.1) is 5.82 Å². The highest BCUT2D eigenvalue weighted by atomic mass is 35.5. The van der Waals surface area contributed by atoms with Crippen LogP contribution in [0.15, 0.2) is 36.8 Å². The fraction of sp³-hybridized carbons (Fsp3) is 0.278. The van der Waals surface area contributed by atoms with Gasteiger partial charge in [0.2, 0.25) is 5.78 Å². The van der Waals surface area contributed by atoms with Crippen LogP contribution >= 0.6 is 19.8 Å². The van der Waals surface area contributed by atoms with Gasteiger partial charge in [-0.15, -0.1) is 11.6 Å². The first-order valence-electron chi connectivity index (χ1n) is 8.84. The molecule has 1 aliphatic heterocycles. The minimum Gasteiger partial charge on any atom is -0.396 e. The molecule has 3 aromatic rings. The molecule has 3 heterocycles. The summed E-state index contributed by atoms with van der Waals surface area (Å²) in [4.78, 5) is 22.0. The average molecular weight is 441 g/mol. The molecule has 154 valence electrons. The summed E-state index contributed by atoms with van der Waals surface area (Å²) < 4.78 is 29.2. The van der Waals surface area contributed by atoms with Crippen LogP contribution in [0.2, 0.25) is 0 Å². The molecule has 3 N–H and O–H groups in total. The smallest absolute Gasteiger partial charge is 0.322 e. The van der Waals surface area contributed by atoms with Gasteiger partial charge in [-0.2, -0.15) is 0 Å². The molecule has 1 aromatic carbocycles. The van der Waals surface area contributed by atoms with Crippen molar-refractivity contribution >= 4 is 43.0 Å². The number of halogens is 3. The second-order valence-electron chi connectivity index (χ2n) is 6.20. The van der Waals surface area contributed by atoms with Gasteiger partial charge in [0.25, 0.3) is 0 Å². The van der Waals surface area contributed by atoms with E-state index in [1.54, 1.807) is 16.8 Å².